The maximum atomic E-state index is 6.16. The summed E-state index contributed by atoms with van der Waals surface area (Å²) in [7, 11) is 0. The van der Waals surface area contributed by atoms with Crippen molar-refractivity contribution >= 4 is 50.2 Å². The number of halogens is 3. The number of hydrogen-bond acceptors (Lipinski definition) is 1. The lowest BCUT2D eigenvalue weighted by Gasteiger charge is -2.11. The number of aryl methyl sites for hydroxylation is 2. The van der Waals surface area contributed by atoms with Crippen LogP contribution in [0.4, 0.5) is 0 Å². The first-order valence-electron chi connectivity index (χ1n) is 6.59. The third kappa shape index (κ3) is 2.83. The summed E-state index contributed by atoms with van der Waals surface area (Å²) in [6, 6.07) is 12.0. The molecule has 1 aromatic heterocycles. The minimum absolute atomic E-state index is 0.528. The molecule has 3 rings (SSSR count). The molecule has 0 aliphatic heterocycles. The predicted molar refractivity (Wildman–Crippen MR) is 92.9 cm³/mol. The first kappa shape index (κ1) is 14.9. The zero-order valence-corrected chi connectivity index (χ0v) is 14.5. The maximum absolute atomic E-state index is 6.16. The molecule has 21 heavy (non-hydrogen) atoms. The van der Waals surface area contributed by atoms with E-state index in [0.29, 0.717) is 17.3 Å². The number of alkyl halides is 1. The number of hydrogen-bond donors (Lipinski definition) is 0. The monoisotopic (exact) mass is 382 g/mol. The largest absolute Gasteiger partial charge is 0.295 e. The van der Waals surface area contributed by atoms with Gasteiger partial charge in [0, 0.05) is 21.8 Å². The quantitative estimate of drug-likeness (QED) is 0.543. The van der Waals surface area contributed by atoms with Gasteiger partial charge in [-0.25, -0.2) is 4.98 Å². The van der Waals surface area contributed by atoms with Gasteiger partial charge in [0.15, 0.2) is 0 Å². The van der Waals surface area contributed by atoms with Crippen molar-refractivity contribution in [1.82, 2.24) is 9.55 Å². The Morgan fingerprint density at radius 1 is 1.19 bits per heavy atom. The Morgan fingerprint density at radius 3 is 2.76 bits per heavy atom. The van der Waals surface area contributed by atoms with Gasteiger partial charge < -0.3 is 0 Å². The highest BCUT2D eigenvalue weighted by Crippen LogP contribution is 2.30. The first-order valence-corrected chi connectivity index (χ1v) is 8.30. The minimum Gasteiger partial charge on any atom is -0.295 e. The van der Waals surface area contributed by atoms with E-state index in [0.717, 1.165) is 27.0 Å². The summed E-state index contributed by atoms with van der Waals surface area (Å²) in [5.41, 5.74) is 4.21. The summed E-state index contributed by atoms with van der Waals surface area (Å²) in [6.45, 7) is 2.07. The molecule has 0 saturated carbocycles. The molecule has 0 spiro atoms. The van der Waals surface area contributed by atoms with Gasteiger partial charge in [0.1, 0.15) is 5.82 Å². The Balaban J connectivity index is 2.35. The van der Waals surface area contributed by atoms with Crippen molar-refractivity contribution in [2.24, 2.45) is 0 Å². The summed E-state index contributed by atoms with van der Waals surface area (Å²) >= 11 is 15.7. The van der Waals surface area contributed by atoms with E-state index in [4.69, 9.17) is 28.2 Å². The third-order valence-electron chi connectivity index (χ3n) is 3.35. The van der Waals surface area contributed by atoms with Gasteiger partial charge in [0.05, 0.1) is 16.7 Å². The van der Waals surface area contributed by atoms with E-state index in [1.807, 2.05) is 24.3 Å². The fraction of sp³-hybridized carbons (Fsp3) is 0.188. The fourth-order valence-corrected chi connectivity index (χ4v) is 3.17. The first-order chi connectivity index (χ1) is 10.1. The number of aromatic nitrogens is 2. The lowest BCUT2D eigenvalue weighted by molar-refractivity contribution is 0.909. The van der Waals surface area contributed by atoms with Gasteiger partial charge in [-0.3, -0.25) is 4.57 Å². The van der Waals surface area contributed by atoms with Crippen molar-refractivity contribution in [3.8, 4) is 5.69 Å². The van der Waals surface area contributed by atoms with E-state index < -0.39 is 0 Å². The molecule has 0 radical (unpaired) electrons. The van der Waals surface area contributed by atoms with Crippen molar-refractivity contribution in [2.75, 3.05) is 5.88 Å². The predicted octanol–water partition coefficient (Wildman–Crippen LogP) is 5.53. The van der Waals surface area contributed by atoms with E-state index in [1.54, 1.807) is 0 Å². The number of benzene rings is 2. The van der Waals surface area contributed by atoms with Crippen molar-refractivity contribution in [3.05, 3.63) is 57.3 Å². The van der Waals surface area contributed by atoms with Crippen LogP contribution in [0.2, 0.25) is 5.02 Å². The molecule has 0 aliphatic carbocycles. The van der Waals surface area contributed by atoms with E-state index in [9.17, 15) is 0 Å². The number of fused-ring (bicyclic) bond motifs is 1. The van der Waals surface area contributed by atoms with Crippen molar-refractivity contribution in [2.45, 2.75) is 13.3 Å². The molecule has 0 N–H and O–H groups in total. The van der Waals surface area contributed by atoms with Crippen LogP contribution >= 0.6 is 39.1 Å². The molecule has 0 unspecified atom stereocenters. The Morgan fingerprint density at radius 2 is 2.00 bits per heavy atom. The number of nitrogens with zero attached hydrogens (tertiary/aromatic N) is 2. The molecule has 2 aromatic carbocycles. The lowest BCUT2D eigenvalue weighted by Crippen LogP contribution is -2.03. The zero-order chi connectivity index (χ0) is 15.0. The Kier molecular flexibility index (Phi) is 4.25. The van der Waals surface area contributed by atoms with E-state index in [1.165, 1.54) is 5.56 Å². The molecular weight excluding hydrogens is 371 g/mol. The average molecular weight is 384 g/mol. The molecule has 2 nitrogen and oxygen atoms in total. The second-order valence-electron chi connectivity index (χ2n) is 4.89. The second kappa shape index (κ2) is 5.99. The summed E-state index contributed by atoms with van der Waals surface area (Å²) < 4.78 is 3.10. The number of rotatable bonds is 3. The van der Waals surface area contributed by atoms with Crippen LogP contribution < -0.4 is 0 Å². The highest BCUT2D eigenvalue weighted by atomic mass is 79.9. The topological polar surface area (TPSA) is 17.8 Å². The molecular formula is C16H13BrCl2N2. The molecule has 0 bridgehead atoms. The van der Waals surface area contributed by atoms with Gasteiger partial charge in [-0.2, -0.15) is 0 Å². The van der Waals surface area contributed by atoms with Gasteiger partial charge >= 0.3 is 0 Å². The summed E-state index contributed by atoms with van der Waals surface area (Å²) in [5.74, 6) is 1.47. The fourth-order valence-electron chi connectivity index (χ4n) is 2.41. The molecule has 3 aromatic rings. The van der Waals surface area contributed by atoms with Gasteiger partial charge in [0.2, 0.25) is 0 Å². The molecule has 0 fully saturated rings. The molecule has 0 aliphatic rings. The Hall–Kier alpha value is -1.03. The van der Waals surface area contributed by atoms with Crippen LogP contribution in [0, 0.1) is 6.92 Å². The van der Waals surface area contributed by atoms with Gasteiger partial charge in [0.25, 0.3) is 0 Å². The molecule has 108 valence electrons. The summed E-state index contributed by atoms with van der Waals surface area (Å²) in [4.78, 5) is 4.71. The van der Waals surface area contributed by atoms with Crippen molar-refractivity contribution in [3.63, 3.8) is 0 Å². The molecule has 1 heterocycles. The highest BCUT2D eigenvalue weighted by Gasteiger charge is 2.14. The SMILES string of the molecule is Cc1ccc2nc(CCCl)n(-c3cc(Cl)ccc3Br)c2c1. The van der Waals surface area contributed by atoms with Gasteiger partial charge in [-0.15, -0.1) is 11.6 Å². The van der Waals surface area contributed by atoms with Crippen molar-refractivity contribution < 1.29 is 0 Å². The van der Waals surface area contributed by atoms with E-state index in [-0.39, 0.29) is 0 Å². The lowest BCUT2D eigenvalue weighted by atomic mass is 10.2. The van der Waals surface area contributed by atoms with Crippen LogP contribution in [-0.2, 0) is 6.42 Å². The summed E-state index contributed by atoms with van der Waals surface area (Å²) in [6.07, 6.45) is 0.703. The molecule has 0 atom stereocenters. The van der Waals surface area contributed by atoms with Crippen LogP contribution in [0.1, 0.15) is 11.4 Å². The van der Waals surface area contributed by atoms with Gasteiger partial charge in [-0.1, -0.05) is 17.7 Å². The Labute approximate surface area is 141 Å². The van der Waals surface area contributed by atoms with Crippen LogP contribution in [0.3, 0.4) is 0 Å². The maximum Gasteiger partial charge on any atom is 0.115 e. The van der Waals surface area contributed by atoms with Crippen LogP contribution in [-0.4, -0.2) is 15.4 Å². The smallest absolute Gasteiger partial charge is 0.115 e. The normalized spacial score (nSPS) is 11.2. The third-order valence-corrected chi connectivity index (χ3v) is 4.44. The van der Waals surface area contributed by atoms with E-state index >= 15 is 0 Å². The zero-order valence-electron chi connectivity index (χ0n) is 11.4. The van der Waals surface area contributed by atoms with Crippen LogP contribution in [0.25, 0.3) is 16.7 Å². The average Bonchev–Trinajstić information content (AvgIpc) is 2.79. The molecule has 0 saturated heterocycles. The van der Waals surface area contributed by atoms with Crippen LogP contribution in [0.15, 0.2) is 40.9 Å². The minimum atomic E-state index is 0.528. The standard InChI is InChI=1S/C16H13BrCl2N2/c1-10-2-5-13-15(8-10)21(16(20-13)6-7-18)14-9-11(19)3-4-12(14)17/h2-5,8-9H,6-7H2,1H3. The van der Waals surface area contributed by atoms with E-state index in [2.05, 4.69) is 39.6 Å². The number of imidazole rings is 1. The molecule has 0 amide bonds. The Bertz CT molecular complexity index is 811. The van der Waals surface area contributed by atoms with Gasteiger partial charge in [-0.05, 0) is 58.7 Å². The van der Waals surface area contributed by atoms with Crippen molar-refractivity contribution in [1.29, 1.82) is 0 Å². The second-order valence-corrected chi connectivity index (χ2v) is 6.56. The molecule has 5 heteroatoms. The summed E-state index contributed by atoms with van der Waals surface area (Å²) in [5, 5.41) is 0.694. The highest BCUT2D eigenvalue weighted by molar-refractivity contribution is 9.10. The van der Waals surface area contributed by atoms with Crippen LogP contribution in [0.5, 0.6) is 0 Å².